The average Bonchev–Trinajstić information content (AvgIpc) is 3.16. The molecule has 1 unspecified atom stereocenters. The van der Waals surface area contributed by atoms with Crippen molar-refractivity contribution in [1.82, 2.24) is 25.1 Å². The van der Waals surface area contributed by atoms with Gasteiger partial charge in [0.1, 0.15) is 16.9 Å². The van der Waals surface area contributed by atoms with Gasteiger partial charge < -0.3 is 4.74 Å². The Labute approximate surface area is 175 Å². The van der Waals surface area contributed by atoms with Gasteiger partial charge in [0.2, 0.25) is 5.88 Å². The van der Waals surface area contributed by atoms with E-state index < -0.39 is 9.84 Å². The lowest BCUT2D eigenvalue weighted by molar-refractivity contribution is 0.0581. The zero-order valence-electron chi connectivity index (χ0n) is 17.1. The number of hydrogen-bond acceptors (Lipinski definition) is 7. The normalized spacial score (nSPS) is 24.4. The third-order valence-corrected chi connectivity index (χ3v) is 8.11. The number of nitrogens with zero attached hydrogens (tertiary/aromatic N) is 4. The van der Waals surface area contributed by atoms with Gasteiger partial charge in [-0.2, -0.15) is 5.10 Å². The van der Waals surface area contributed by atoms with Gasteiger partial charge in [-0.15, -0.1) is 0 Å². The number of ether oxygens (including phenoxy) is 1. The maximum Gasteiger partial charge on any atom is 0.233 e. The van der Waals surface area contributed by atoms with Crippen LogP contribution in [-0.2, 0) is 9.84 Å². The van der Waals surface area contributed by atoms with Crippen molar-refractivity contribution in [2.45, 2.75) is 62.6 Å². The molecule has 2 saturated heterocycles. The maximum atomic E-state index is 13.1. The highest BCUT2D eigenvalue weighted by Crippen LogP contribution is 2.38. The predicted octanol–water partition coefficient (Wildman–Crippen LogP) is 2.78. The molecule has 0 radical (unpaired) electrons. The monoisotopic (exact) mass is 427 g/mol. The summed E-state index contributed by atoms with van der Waals surface area (Å²) in [5.41, 5.74) is 2.79. The van der Waals surface area contributed by atoms with Crippen molar-refractivity contribution in [3.63, 3.8) is 0 Å². The Morgan fingerprint density at radius 3 is 2.50 bits per heavy atom. The number of aromatic nitrogens is 4. The number of nitrogens with one attached hydrogen (secondary N) is 1. The van der Waals surface area contributed by atoms with E-state index in [9.17, 15) is 8.42 Å². The molecule has 0 amide bonds. The summed E-state index contributed by atoms with van der Waals surface area (Å²) in [6.45, 7) is 3.49. The van der Waals surface area contributed by atoms with E-state index in [0.717, 1.165) is 36.7 Å². The fraction of sp³-hybridized carbons (Fsp3) is 0.476. The summed E-state index contributed by atoms with van der Waals surface area (Å²) in [6, 6.07) is 8.12. The molecule has 3 atom stereocenters. The molecule has 2 bridgehead atoms. The van der Waals surface area contributed by atoms with Crippen LogP contribution in [0.3, 0.4) is 0 Å². The van der Waals surface area contributed by atoms with E-state index in [-0.39, 0.29) is 24.1 Å². The Morgan fingerprint density at radius 2 is 1.83 bits per heavy atom. The molecular formula is C21H25N5O3S. The van der Waals surface area contributed by atoms with Crippen LogP contribution in [0, 0.1) is 13.8 Å². The van der Waals surface area contributed by atoms with Gasteiger partial charge in [0.05, 0.1) is 28.6 Å². The molecule has 3 aromatic rings. The second-order valence-electron chi connectivity index (χ2n) is 8.31. The fourth-order valence-corrected chi connectivity index (χ4v) is 6.91. The highest BCUT2D eigenvalue weighted by molar-refractivity contribution is 7.91. The number of hydrogen-bond donors (Lipinski definition) is 1. The van der Waals surface area contributed by atoms with Crippen LogP contribution in [0.1, 0.15) is 37.1 Å². The first-order valence-corrected chi connectivity index (χ1v) is 11.9. The van der Waals surface area contributed by atoms with Crippen LogP contribution < -0.4 is 4.74 Å². The molecule has 158 valence electrons. The summed E-state index contributed by atoms with van der Waals surface area (Å²) in [6.07, 6.45) is 5.27. The largest absolute Gasteiger partial charge is 0.473 e. The summed E-state index contributed by atoms with van der Waals surface area (Å²) in [5, 5.41) is 6.84. The van der Waals surface area contributed by atoms with Crippen LogP contribution in [0.2, 0.25) is 0 Å². The molecule has 8 nitrogen and oxygen atoms in total. The van der Waals surface area contributed by atoms with Gasteiger partial charge in [-0.1, -0.05) is 12.1 Å². The molecule has 5 rings (SSSR count). The summed E-state index contributed by atoms with van der Waals surface area (Å²) >= 11 is 0. The lowest BCUT2D eigenvalue weighted by atomic mass is 10.0. The minimum Gasteiger partial charge on any atom is -0.473 e. The Balaban J connectivity index is 1.30. The number of sulfone groups is 1. The van der Waals surface area contributed by atoms with E-state index >= 15 is 0 Å². The molecule has 1 aromatic carbocycles. The van der Waals surface area contributed by atoms with E-state index in [0.29, 0.717) is 22.2 Å². The van der Waals surface area contributed by atoms with Crippen LogP contribution in [0.5, 0.6) is 5.88 Å². The van der Waals surface area contributed by atoms with E-state index in [1.807, 2.05) is 24.3 Å². The number of rotatable bonds is 5. The third-order valence-electron chi connectivity index (χ3n) is 6.25. The fourth-order valence-electron chi connectivity index (χ4n) is 4.96. The Morgan fingerprint density at radius 1 is 1.13 bits per heavy atom. The number of benzene rings is 1. The van der Waals surface area contributed by atoms with Gasteiger partial charge in [0.15, 0.2) is 9.84 Å². The van der Waals surface area contributed by atoms with Gasteiger partial charge >= 0.3 is 0 Å². The Bertz CT molecular complexity index is 1160. The van der Waals surface area contributed by atoms with Crippen LogP contribution in [0.25, 0.3) is 11.0 Å². The topological polar surface area (TPSA) is 101 Å². The van der Waals surface area contributed by atoms with Crippen LogP contribution in [-0.4, -0.2) is 57.5 Å². The molecule has 2 fully saturated rings. The average molecular weight is 428 g/mol. The van der Waals surface area contributed by atoms with Gasteiger partial charge in [0, 0.05) is 12.1 Å². The number of H-pyrrole nitrogens is 1. The van der Waals surface area contributed by atoms with E-state index in [1.165, 1.54) is 0 Å². The molecule has 0 spiro atoms. The van der Waals surface area contributed by atoms with Crippen molar-refractivity contribution in [2.24, 2.45) is 0 Å². The van der Waals surface area contributed by atoms with Gasteiger partial charge in [-0.25, -0.2) is 18.4 Å². The van der Waals surface area contributed by atoms with E-state index in [4.69, 9.17) is 4.74 Å². The predicted molar refractivity (Wildman–Crippen MR) is 112 cm³/mol. The molecule has 2 aliphatic rings. The number of para-hydroxylation sites is 2. The first-order valence-electron chi connectivity index (χ1n) is 10.3. The minimum atomic E-state index is -3.44. The van der Waals surface area contributed by atoms with Crippen LogP contribution >= 0.6 is 0 Å². The van der Waals surface area contributed by atoms with Crippen molar-refractivity contribution in [3.05, 3.63) is 41.9 Å². The number of piperidine rings is 1. The number of aryl methyl sites for hydroxylation is 2. The highest BCUT2D eigenvalue weighted by Gasteiger charge is 2.44. The van der Waals surface area contributed by atoms with Crippen LogP contribution in [0.15, 0.2) is 35.4 Å². The summed E-state index contributed by atoms with van der Waals surface area (Å²) in [7, 11) is -3.44. The van der Waals surface area contributed by atoms with Crippen LogP contribution in [0.4, 0.5) is 0 Å². The van der Waals surface area contributed by atoms with Gasteiger partial charge in [-0.05, 0) is 51.7 Å². The zero-order valence-corrected chi connectivity index (χ0v) is 17.9. The molecule has 2 aliphatic heterocycles. The van der Waals surface area contributed by atoms with Gasteiger partial charge in [-0.3, -0.25) is 10.00 Å². The van der Waals surface area contributed by atoms with Gasteiger partial charge in [0.25, 0.3) is 0 Å². The molecule has 4 heterocycles. The quantitative estimate of drug-likeness (QED) is 0.668. The zero-order chi connectivity index (χ0) is 20.9. The number of aromatic amines is 1. The molecular weight excluding hydrogens is 402 g/mol. The molecule has 30 heavy (non-hydrogen) atoms. The Kier molecular flexibility index (Phi) is 4.74. The summed E-state index contributed by atoms with van der Waals surface area (Å²) < 4.78 is 32.3. The van der Waals surface area contributed by atoms with Crippen molar-refractivity contribution in [1.29, 1.82) is 0 Å². The lowest BCUT2D eigenvalue weighted by Crippen LogP contribution is -2.48. The molecule has 1 N–H and O–H groups in total. The first kappa shape index (κ1) is 19.4. The highest BCUT2D eigenvalue weighted by atomic mass is 32.2. The van der Waals surface area contributed by atoms with Crippen molar-refractivity contribution in [3.8, 4) is 5.88 Å². The van der Waals surface area contributed by atoms with E-state index in [2.05, 4.69) is 25.1 Å². The molecule has 0 saturated carbocycles. The lowest BCUT2D eigenvalue weighted by Gasteiger charge is -2.38. The smallest absolute Gasteiger partial charge is 0.233 e. The maximum absolute atomic E-state index is 13.1. The van der Waals surface area contributed by atoms with Crippen molar-refractivity contribution >= 4 is 20.9 Å². The third kappa shape index (κ3) is 3.45. The first-order chi connectivity index (χ1) is 14.4. The second-order valence-corrected chi connectivity index (χ2v) is 10.2. The van der Waals surface area contributed by atoms with E-state index in [1.54, 1.807) is 20.0 Å². The van der Waals surface area contributed by atoms with Crippen molar-refractivity contribution in [2.75, 3.05) is 5.88 Å². The molecule has 2 aromatic heterocycles. The summed E-state index contributed by atoms with van der Waals surface area (Å²) in [4.78, 5) is 11.5. The minimum absolute atomic E-state index is 0.0225. The standard InChI is InChI=1S/C21H25N5O3S/c1-13-21(14(2)25-24-13)30(27,28)12-26-15-7-8-16(26)10-17(9-15)29-20-11-22-18-5-3-4-6-19(18)23-20/h3-6,11,15-17H,7-10,12H2,1-2H3,(H,24,25)/t15-,16+,17?. The van der Waals surface area contributed by atoms with Crippen molar-refractivity contribution < 1.29 is 13.2 Å². The molecule has 0 aliphatic carbocycles. The SMILES string of the molecule is Cc1n[nH]c(C)c1S(=O)(=O)CN1[C@@H]2CC[C@H]1CC(Oc1cnc3ccccc3n1)C2. The second kappa shape index (κ2) is 7.31. The Hall–Kier alpha value is -2.52. The number of fused-ring (bicyclic) bond motifs is 3. The molecule has 9 heteroatoms. The summed E-state index contributed by atoms with van der Waals surface area (Å²) in [5.74, 6) is 0.565.